The Morgan fingerprint density at radius 3 is 1.31 bits per heavy atom. The zero-order valence-electron chi connectivity index (χ0n) is 44.3. The molecule has 2 fully saturated rings. The van der Waals surface area contributed by atoms with E-state index in [0.29, 0.717) is 6.42 Å². The summed E-state index contributed by atoms with van der Waals surface area (Å²) in [5.74, 6) is -0.247. The highest BCUT2D eigenvalue weighted by Gasteiger charge is 2.51. The minimum Gasteiger partial charge on any atom is -0.394 e. The van der Waals surface area contributed by atoms with Crippen LogP contribution in [0.3, 0.4) is 0 Å². The fourth-order valence-electron chi connectivity index (χ4n) is 9.76. The summed E-state index contributed by atoms with van der Waals surface area (Å²) in [7, 11) is 0. The van der Waals surface area contributed by atoms with Crippen LogP contribution in [0, 0.1) is 0 Å². The van der Waals surface area contributed by atoms with Crippen molar-refractivity contribution in [3.8, 4) is 0 Å². The lowest BCUT2D eigenvalue weighted by Crippen LogP contribution is -2.65. The van der Waals surface area contributed by atoms with E-state index in [2.05, 4.69) is 19.2 Å². The van der Waals surface area contributed by atoms with E-state index in [-0.39, 0.29) is 18.9 Å². The average Bonchev–Trinajstić information content (AvgIpc) is 3.36. The lowest BCUT2D eigenvalue weighted by molar-refractivity contribution is -0.359. The summed E-state index contributed by atoms with van der Waals surface area (Å²) < 4.78 is 22.6. The summed E-state index contributed by atoms with van der Waals surface area (Å²) >= 11 is 0. The van der Waals surface area contributed by atoms with Gasteiger partial charge in [0.2, 0.25) is 5.91 Å². The van der Waals surface area contributed by atoms with Crippen molar-refractivity contribution < 1.29 is 64.6 Å². The molecule has 2 aliphatic heterocycles. The van der Waals surface area contributed by atoms with Gasteiger partial charge in [-0.1, -0.05) is 231 Å². The normalized spacial score (nSPS) is 26.0. The number of carbonyl (C=O) groups is 1. The second-order valence-electron chi connectivity index (χ2n) is 20.8. The van der Waals surface area contributed by atoms with Crippen LogP contribution in [0.1, 0.15) is 245 Å². The molecule has 1 amide bonds. The molecular weight excluding hydrogens is 895 g/mol. The summed E-state index contributed by atoms with van der Waals surface area (Å²) in [6.07, 6.45) is 31.9. The SMILES string of the molecule is CCCCCCCCCCCCCCCCCCCCCCCCCCCCCC/C=C/C(O)C(COC1OC(CO)C(OC2OC(CO)C(O)C(O)C2O)C(O)C1O)NC(=O)CCCCCCCC. The maximum atomic E-state index is 13.0. The van der Waals surface area contributed by atoms with E-state index in [1.807, 2.05) is 6.08 Å². The molecule has 0 radical (unpaired) electrons. The Bertz CT molecular complexity index is 1230. The van der Waals surface area contributed by atoms with Crippen molar-refractivity contribution in [3.63, 3.8) is 0 Å². The molecule has 0 spiro atoms. The van der Waals surface area contributed by atoms with E-state index >= 15 is 0 Å². The van der Waals surface area contributed by atoms with Gasteiger partial charge in [0.15, 0.2) is 12.6 Å². The van der Waals surface area contributed by atoms with Gasteiger partial charge in [0, 0.05) is 6.42 Å². The average molecular weight is 1000 g/mol. The molecule has 14 heteroatoms. The molecule has 12 unspecified atom stereocenters. The predicted molar refractivity (Wildman–Crippen MR) is 277 cm³/mol. The highest BCUT2D eigenvalue weighted by Crippen LogP contribution is 2.30. The smallest absolute Gasteiger partial charge is 0.220 e. The van der Waals surface area contributed by atoms with Gasteiger partial charge < -0.3 is 65.1 Å². The van der Waals surface area contributed by atoms with Crippen LogP contribution in [0.5, 0.6) is 0 Å². The maximum Gasteiger partial charge on any atom is 0.220 e. The standard InChI is InChI=1S/C56H107NO13/c1-3-5-7-9-11-12-13-14-15-16-17-18-19-20-21-22-23-24-25-26-27-28-29-30-31-32-33-34-35-37-39-45(60)44(57-48(61)40-38-36-10-8-6-4-2)43-67-55-53(66)51(64)54(47(42-59)69-55)70-56-52(65)50(63)49(62)46(41-58)68-56/h37,39,44-47,49-56,58-60,62-66H,3-36,38,40-43H2,1-2H3,(H,57,61)/b39-37+. The summed E-state index contributed by atoms with van der Waals surface area (Å²) in [6, 6.07) is -0.906. The molecule has 12 atom stereocenters. The molecule has 2 saturated heterocycles. The van der Waals surface area contributed by atoms with Crippen molar-refractivity contribution in [2.24, 2.45) is 0 Å². The lowest BCUT2D eigenvalue weighted by Gasteiger charge is -2.46. The number of hydrogen-bond acceptors (Lipinski definition) is 13. The van der Waals surface area contributed by atoms with Crippen molar-refractivity contribution in [1.29, 1.82) is 0 Å². The number of nitrogens with one attached hydrogen (secondary N) is 1. The van der Waals surface area contributed by atoms with Crippen LogP contribution in [0.2, 0.25) is 0 Å². The third-order valence-corrected chi connectivity index (χ3v) is 14.5. The number of rotatable bonds is 46. The monoisotopic (exact) mass is 1000 g/mol. The van der Waals surface area contributed by atoms with Crippen molar-refractivity contribution in [2.75, 3.05) is 19.8 Å². The Kier molecular flexibility index (Phi) is 39.9. The number of hydrogen-bond donors (Lipinski definition) is 9. The van der Waals surface area contributed by atoms with E-state index < -0.39 is 86.8 Å². The molecule has 0 aromatic heterocycles. The van der Waals surface area contributed by atoms with Crippen LogP contribution in [0.4, 0.5) is 0 Å². The van der Waals surface area contributed by atoms with Gasteiger partial charge in [0.1, 0.15) is 48.8 Å². The zero-order valence-corrected chi connectivity index (χ0v) is 44.3. The van der Waals surface area contributed by atoms with E-state index in [0.717, 1.165) is 51.4 Å². The Hall–Kier alpha value is -1.27. The first-order chi connectivity index (χ1) is 34.1. The quantitative estimate of drug-likeness (QED) is 0.0205. The second kappa shape index (κ2) is 43.0. The van der Waals surface area contributed by atoms with Crippen molar-refractivity contribution in [3.05, 3.63) is 12.2 Å². The second-order valence-corrected chi connectivity index (χ2v) is 20.8. The van der Waals surface area contributed by atoms with Gasteiger partial charge in [-0.2, -0.15) is 0 Å². The third-order valence-electron chi connectivity index (χ3n) is 14.5. The summed E-state index contributed by atoms with van der Waals surface area (Å²) in [5, 5.41) is 86.6. The van der Waals surface area contributed by atoms with Crippen LogP contribution >= 0.6 is 0 Å². The molecule has 414 valence electrons. The molecule has 2 aliphatic rings. The molecule has 0 aliphatic carbocycles. The van der Waals surface area contributed by atoms with Crippen LogP contribution in [-0.2, 0) is 23.7 Å². The topological polar surface area (TPSA) is 228 Å². The number of aliphatic hydroxyl groups excluding tert-OH is 8. The van der Waals surface area contributed by atoms with Crippen molar-refractivity contribution in [2.45, 2.75) is 319 Å². The van der Waals surface area contributed by atoms with E-state index in [9.17, 15) is 45.6 Å². The lowest BCUT2D eigenvalue weighted by atomic mass is 9.97. The molecule has 14 nitrogen and oxygen atoms in total. The van der Waals surface area contributed by atoms with Crippen LogP contribution in [-0.4, -0.2) is 140 Å². The fraction of sp³-hybridized carbons (Fsp3) is 0.946. The van der Waals surface area contributed by atoms with Crippen LogP contribution < -0.4 is 5.32 Å². The fourth-order valence-corrected chi connectivity index (χ4v) is 9.76. The summed E-state index contributed by atoms with van der Waals surface area (Å²) in [4.78, 5) is 13.0. The Morgan fingerprint density at radius 2 is 0.886 bits per heavy atom. The van der Waals surface area contributed by atoms with Crippen LogP contribution in [0.25, 0.3) is 0 Å². The third kappa shape index (κ3) is 29.0. The molecule has 0 saturated carbocycles. The van der Waals surface area contributed by atoms with E-state index in [1.54, 1.807) is 6.08 Å². The molecule has 2 heterocycles. The number of amides is 1. The zero-order chi connectivity index (χ0) is 51.0. The predicted octanol–water partition coefficient (Wildman–Crippen LogP) is 9.11. The number of carbonyl (C=O) groups excluding carboxylic acids is 1. The molecule has 2 rings (SSSR count). The van der Waals surface area contributed by atoms with Crippen molar-refractivity contribution in [1.82, 2.24) is 5.32 Å². The summed E-state index contributed by atoms with van der Waals surface area (Å²) in [5.41, 5.74) is 0. The molecule has 70 heavy (non-hydrogen) atoms. The molecule has 0 aromatic carbocycles. The number of aliphatic hydroxyl groups is 8. The minimum atomic E-state index is -1.78. The van der Waals surface area contributed by atoms with Gasteiger partial charge in [-0.15, -0.1) is 0 Å². The van der Waals surface area contributed by atoms with Crippen molar-refractivity contribution >= 4 is 5.91 Å². The largest absolute Gasteiger partial charge is 0.394 e. The van der Waals surface area contributed by atoms with Gasteiger partial charge in [0.05, 0.1) is 32.0 Å². The maximum absolute atomic E-state index is 13.0. The van der Waals surface area contributed by atoms with Gasteiger partial charge >= 0.3 is 0 Å². The Balaban J connectivity index is 1.61. The Labute approximate surface area is 425 Å². The van der Waals surface area contributed by atoms with Crippen LogP contribution in [0.15, 0.2) is 12.2 Å². The first-order valence-corrected chi connectivity index (χ1v) is 28.9. The highest BCUT2D eigenvalue weighted by atomic mass is 16.7. The number of allylic oxidation sites excluding steroid dienone is 1. The number of ether oxygens (including phenoxy) is 4. The van der Waals surface area contributed by atoms with Gasteiger partial charge in [-0.3, -0.25) is 4.79 Å². The Morgan fingerprint density at radius 1 is 0.500 bits per heavy atom. The molecular formula is C56H107NO13. The summed E-state index contributed by atoms with van der Waals surface area (Å²) in [6.45, 7) is 2.73. The van der Waals surface area contributed by atoms with Gasteiger partial charge in [-0.25, -0.2) is 0 Å². The van der Waals surface area contributed by atoms with Gasteiger partial charge in [-0.05, 0) is 19.3 Å². The minimum absolute atomic E-state index is 0.247. The number of unbranched alkanes of at least 4 members (excludes halogenated alkanes) is 33. The molecule has 0 aromatic rings. The molecule has 9 N–H and O–H groups in total. The van der Waals surface area contributed by atoms with Gasteiger partial charge in [0.25, 0.3) is 0 Å². The molecule has 0 bridgehead atoms. The first-order valence-electron chi connectivity index (χ1n) is 28.9. The highest BCUT2D eigenvalue weighted by molar-refractivity contribution is 5.76. The van der Waals surface area contributed by atoms with E-state index in [4.69, 9.17) is 18.9 Å². The van der Waals surface area contributed by atoms with E-state index in [1.165, 1.54) is 167 Å². The first kappa shape index (κ1) is 64.8.